The Morgan fingerprint density at radius 2 is 2.09 bits per heavy atom. The lowest BCUT2D eigenvalue weighted by atomic mass is 9.95. The van der Waals surface area contributed by atoms with Crippen LogP contribution in [0.4, 0.5) is 0 Å². The van der Waals surface area contributed by atoms with Crippen molar-refractivity contribution in [2.45, 2.75) is 37.1 Å². The zero-order valence-electron chi connectivity index (χ0n) is 12.7. The van der Waals surface area contributed by atoms with Crippen LogP contribution in [0.15, 0.2) is 24.3 Å². The number of benzene rings is 1. The first-order chi connectivity index (χ1) is 10.6. The smallest absolute Gasteiger partial charge is 0.317 e. The molecule has 0 atom stereocenters. The van der Waals surface area contributed by atoms with Gasteiger partial charge in [-0.15, -0.1) is 0 Å². The number of carbonyl (C=O) groups is 1. The predicted molar refractivity (Wildman–Crippen MR) is 87.5 cm³/mol. The topological polar surface area (TPSA) is 52.6 Å². The monoisotopic (exact) mass is 322 g/mol. The second-order valence-electron chi connectivity index (χ2n) is 6.62. The third kappa shape index (κ3) is 3.80. The van der Waals surface area contributed by atoms with Gasteiger partial charge in [-0.05, 0) is 43.4 Å². The van der Waals surface area contributed by atoms with Gasteiger partial charge >= 0.3 is 5.97 Å². The number of hydrogen-bond acceptors (Lipinski definition) is 3. The average Bonchev–Trinajstić information content (AvgIpc) is 3.27. The number of carboxylic acid groups (broad SMARTS) is 1. The summed E-state index contributed by atoms with van der Waals surface area (Å²) in [5, 5.41) is 13.3. The third-order valence-electron chi connectivity index (χ3n) is 4.97. The molecule has 1 heterocycles. The van der Waals surface area contributed by atoms with Crippen molar-refractivity contribution in [2.75, 3.05) is 26.2 Å². The molecular formula is C17H23ClN2O2. The molecule has 2 aliphatic rings. The molecule has 0 radical (unpaired) electrons. The fourth-order valence-electron chi connectivity index (χ4n) is 3.36. The summed E-state index contributed by atoms with van der Waals surface area (Å²) in [5.74, 6) is -0.732. The Labute approximate surface area is 136 Å². The fraction of sp³-hybridized carbons (Fsp3) is 0.588. The molecule has 0 aromatic heterocycles. The SMILES string of the molecule is O=C(O)CN1CCC(NCC2(c3cccc(Cl)c3)CC2)CC1. The number of carboxylic acids is 1. The van der Waals surface area contributed by atoms with Crippen molar-refractivity contribution in [3.63, 3.8) is 0 Å². The Kier molecular flexibility index (Phi) is 4.71. The molecule has 0 unspecified atom stereocenters. The number of hydrogen-bond donors (Lipinski definition) is 2. The molecule has 1 saturated heterocycles. The second kappa shape index (κ2) is 6.57. The molecule has 1 aromatic rings. The molecule has 3 rings (SSSR count). The maximum Gasteiger partial charge on any atom is 0.317 e. The van der Waals surface area contributed by atoms with Gasteiger partial charge in [0.05, 0.1) is 6.54 Å². The molecule has 1 aliphatic heterocycles. The standard InChI is InChI=1S/C17H23ClN2O2/c18-14-3-1-2-13(10-14)17(6-7-17)12-19-15-4-8-20(9-5-15)11-16(21)22/h1-3,10,15,19H,4-9,11-12H2,(H,21,22). The van der Waals surface area contributed by atoms with Crippen LogP contribution in [0.5, 0.6) is 0 Å². The number of aliphatic carboxylic acids is 1. The highest BCUT2D eigenvalue weighted by atomic mass is 35.5. The van der Waals surface area contributed by atoms with Crippen LogP contribution in [0.2, 0.25) is 5.02 Å². The zero-order valence-corrected chi connectivity index (χ0v) is 13.5. The molecule has 4 nitrogen and oxygen atoms in total. The lowest BCUT2D eigenvalue weighted by Crippen LogP contribution is -2.45. The van der Waals surface area contributed by atoms with E-state index in [1.165, 1.54) is 18.4 Å². The molecule has 0 bridgehead atoms. The molecule has 1 saturated carbocycles. The normalized spacial score (nSPS) is 21.7. The van der Waals surface area contributed by atoms with Gasteiger partial charge in [-0.3, -0.25) is 9.69 Å². The minimum atomic E-state index is -0.732. The first kappa shape index (κ1) is 15.8. The van der Waals surface area contributed by atoms with Crippen LogP contribution in [0.1, 0.15) is 31.2 Å². The Morgan fingerprint density at radius 3 is 2.68 bits per heavy atom. The fourth-order valence-corrected chi connectivity index (χ4v) is 3.55. The number of likely N-dealkylation sites (tertiary alicyclic amines) is 1. The van der Waals surface area contributed by atoms with Gasteiger partial charge in [0.1, 0.15) is 0 Å². The van der Waals surface area contributed by atoms with Gasteiger partial charge in [-0.25, -0.2) is 0 Å². The maximum atomic E-state index is 10.7. The van der Waals surface area contributed by atoms with E-state index in [1.54, 1.807) is 0 Å². The Balaban J connectivity index is 1.48. The van der Waals surface area contributed by atoms with Gasteiger partial charge in [0, 0.05) is 36.1 Å². The van der Waals surface area contributed by atoms with Crippen LogP contribution in [0.25, 0.3) is 0 Å². The Morgan fingerprint density at radius 1 is 1.36 bits per heavy atom. The van der Waals surface area contributed by atoms with E-state index in [1.807, 2.05) is 17.0 Å². The summed E-state index contributed by atoms with van der Waals surface area (Å²) in [6, 6.07) is 8.72. The van der Waals surface area contributed by atoms with E-state index >= 15 is 0 Å². The first-order valence-electron chi connectivity index (χ1n) is 8.01. The van der Waals surface area contributed by atoms with E-state index < -0.39 is 5.97 Å². The van der Waals surface area contributed by atoms with Crippen molar-refractivity contribution in [1.82, 2.24) is 10.2 Å². The Bertz CT molecular complexity index is 537. The van der Waals surface area contributed by atoms with E-state index in [0.717, 1.165) is 37.5 Å². The molecular weight excluding hydrogens is 300 g/mol. The summed E-state index contributed by atoms with van der Waals surface area (Å²) in [6.07, 6.45) is 4.49. The number of nitrogens with zero attached hydrogens (tertiary/aromatic N) is 1. The minimum absolute atomic E-state index is 0.166. The summed E-state index contributed by atoms with van der Waals surface area (Å²) in [7, 11) is 0. The van der Waals surface area contributed by atoms with Gasteiger partial charge < -0.3 is 10.4 Å². The molecule has 120 valence electrons. The second-order valence-corrected chi connectivity index (χ2v) is 7.05. The quantitative estimate of drug-likeness (QED) is 0.845. The predicted octanol–water partition coefficient (Wildman–Crippen LogP) is 2.51. The third-order valence-corrected chi connectivity index (χ3v) is 5.20. The average molecular weight is 323 g/mol. The van der Waals surface area contributed by atoms with Gasteiger partial charge in [-0.1, -0.05) is 23.7 Å². The molecule has 2 fully saturated rings. The van der Waals surface area contributed by atoms with Crippen molar-refractivity contribution < 1.29 is 9.90 Å². The lowest BCUT2D eigenvalue weighted by molar-refractivity contribution is -0.138. The highest BCUT2D eigenvalue weighted by Gasteiger charge is 2.44. The molecule has 2 N–H and O–H groups in total. The summed E-state index contributed by atoms with van der Waals surface area (Å²) in [5.41, 5.74) is 1.61. The molecule has 1 aliphatic carbocycles. The number of halogens is 1. The highest BCUT2D eigenvalue weighted by molar-refractivity contribution is 6.30. The van der Waals surface area contributed by atoms with Crippen LogP contribution < -0.4 is 5.32 Å². The molecule has 0 amide bonds. The van der Waals surface area contributed by atoms with Crippen molar-refractivity contribution in [1.29, 1.82) is 0 Å². The molecule has 1 aromatic carbocycles. The van der Waals surface area contributed by atoms with Crippen LogP contribution in [-0.2, 0) is 10.2 Å². The van der Waals surface area contributed by atoms with E-state index in [2.05, 4.69) is 17.4 Å². The van der Waals surface area contributed by atoms with E-state index in [9.17, 15) is 4.79 Å². The van der Waals surface area contributed by atoms with E-state index in [0.29, 0.717) is 6.04 Å². The number of nitrogens with one attached hydrogen (secondary N) is 1. The highest BCUT2D eigenvalue weighted by Crippen LogP contribution is 2.48. The summed E-state index contributed by atoms with van der Waals surface area (Å²) >= 11 is 6.11. The van der Waals surface area contributed by atoms with Gasteiger partial charge in [0.25, 0.3) is 0 Å². The van der Waals surface area contributed by atoms with Gasteiger partial charge in [-0.2, -0.15) is 0 Å². The summed E-state index contributed by atoms with van der Waals surface area (Å²) in [4.78, 5) is 12.7. The molecule has 5 heteroatoms. The van der Waals surface area contributed by atoms with Crippen LogP contribution in [0, 0.1) is 0 Å². The van der Waals surface area contributed by atoms with Crippen molar-refractivity contribution in [3.05, 3.63) is 34.9 Å². The minimum Gasteiger partial charge on any atom is -0.480 e. The van der Waals surface area contributed by atoms with Crippen molar-refractivity contribution in [3.8, 4) is 0 Å². The summed E-state index contributed by atoms with van der Waals surface area (Å²) < 4.78 is 0. The van der Waals surface area contributed by atoms with Gasteiger partial charge in [0.15, 0.2) is 0 Å². The van der Waals surface area contributed by atoms with Crippen LogP contribution in [-0.4, -0.2) is 48.2 Å². The van der Waals surface area contributed by atoms with Crippen molar-refractivity contribution in [2.24, 2.45) is 0 Å². The van der Waals surface area contributed by atoms with Gasteiger partial charge in [0.2, 0.25) is 0 Å². The zero-order chi connectivity index (χ0) is 15.6. The van der Waals surface area contributed by atoms with E-state index in [-0.39, 0.29) is 12.0 Å². The molecule has 0 spiro atoms. The first-order valence-corrected chi connectivity index (χ1v) is 8.39. The van der Waals surface area contributed by atoms with Crippen LogP contribution in [0.3, 0.4) is 0 Å². The molecule has 22 heavy (non-hydrogen) atoms. The van der Waals surface area contributed by atoms with E-state index in [4.69, 9.17) is 16.7 Å². The number of piperidine rings is 1. The van der Waals surface area contributed by atoms with Crippen molar-refractivity contribution >= 4 is 17.6 Å². The Hall–Kier alpha value is -1.10. The largest absolute Gasteiger partial charge is 0.480 e. The lowest BCUT2D eigenvalue weighted by Gasteiger charge is -2.32. The maximum absolute atomic E-state index is 10.7. The summed E-state index contributed by atoms with van der Waals surface area (Å²) in [6.45, 7) is 2.90. The number of rotatable bonds is 6. The van der Waals surface area contributed by atoms with Crippen LogP contribution >= 0.6 is 11.6 Å².